The van der Waals surface area contributed by atoms with Crippen molar-refractivity contribution < 1.29 is 9.21 Å². The minimum absolute atomic E-state index is 0.0882. The molecule has 0 aliphatic rings. The molecule has 0 radical (unpaired) electrons. The molecule has 1 aromatic heterocycles. The molecule has 0 atom stereocenters. The Morgan fingerprint density at radius 2 is 1.79 bits per heavy atom. The van der Waals surface area contributed by atoms with Gasteiger partial charge in [-0.3, -0.25) is 4.79 Å². The normalized spacial score (nSPS) is 10.5. The van der Waals surface area contributed by atoms with Crippen molar-refractivity contribution in [3.05, 3.63) is 56.9 Å². The maximum Gasteiger partial charge on any atom is 0.255 e. The van der Waals surface area contributed by atoms with E-state index in [1.165, 1.54) is 0 Å². The van der Waals surface area contributed by atoms with Crippen LogP contribution in [0.5, 0.6) is 0 Å². The summed E-state index contributed by atoms with van der Waals surface area (Å²) in [5.41, 5.74) is 2.62. The van der Waals surface area contributed by atoms with Crippen molar-refractivity contribution in [1.82, 2.24) is 5.32 Å². The molecule has 0 fully saturated rings. The van der Waals surface area contributed by atoms with Crippen molar-refractivity contribution in [1.29, 1.82) is 0 Å². The molecule has 1 amide bonds. The standard InChI is InChI=1S/C15H16BrNO2/c1-9-10(2)19-11(3)14(9)15(18)17-8-12-4-6-13(16)7-5-12/h4-7H,8H2,1-3H3,(H,17,18). The molecule has 19 heavy (non-hydrogen) atoms. The van der Waals surface area contributed by atoms with Gasteiger partial charge in [-0.2, -0.15) is 0 Å². The predicted octanol–water partition coefficient (Wildman–Crippen LogP) is 3.90. The van der Waals surface area contributed by atoms with Crippen molar-refractivity contribution in [2.45, 2.75) is 27.3 Å². The van der Waals surface area contributed by atoms with Gasteiger partial charge in [-0.15, -0.1) is 0 Å². The Labute approximate surface area is 121 Å². The van der Waals surface area contributed by atoms with Crippen molar-refractivity contribution in [3.8, 4) is 0 Å². The van der Waals surface area contributed by atoms with Crippen molar-refractivity contribution >= 4 is 21.8 Å². The van der Waals surface area contributed by atoms with Gasteiger partial charge in [-0.05, 0) is 38.5 Å². The summed E-state index contributed by atoms with van der Waals surface area (Å²) in [6, 6.07) is 7.87. The molecular formula is C15H16BrNO2. The van der Waals surface area contributed by atoms with Gasteiger partial charge in [-0.25, -0.2) is 0 Å². The Bertz CT molecular complexity index is 599. The monoisotopic (exact) mass is 321 g/mol. The maximum absolute atomic E-state index is 12.2. The van der Waals surface area contributed by atoms with Crippen LogP contribution in [-0.2, 0) is 6.54 Å². The topological polar surface area (TPSA) is 42.2 Å². The lowest BCUT2D eigenvalue weighted by molar-refractivity contribution is 0.0949. The molecule has 0 spiro atoms. The predicted molar refractivity (Wildman–Crippen MR) is 78.2 cm³/mol. The molecule has 0 saturated heterocycles. The molecule has 1 aromatic carbocycles. The highest BCUT2D eigenvalue weighted by Gasteiger charge is 2.17. The Balaban J connectivity index is 2.07. The van der Waals surface area contributed by atoms with Gasteiger partial charge in [-0.1, -0.05) is 28.1 Å². The van der Waals surface area contributed by atoms with E-state index >= 15 is 0 Å². The molecule has 0 bridgehead atoms. The first-order valence-electron chi connectivity index (χ1n) is 6.08. The first-order valence-corrected chi connectivity index (χ1v) is 6.87. The fourth-order valence-electron chi connectivity index (χ4n) is 2.00. The number of hydrogen-bond donors (Lipinski definition) is 1. The number of amides is 1. The first-order chi connectivity index (χ1) is 8.99. The van der Waals surface area contributed by atoms with Gasteiger partial charge < -0.3 is 9.73 Å². The molecular weight excluding hydrogens is 306 g/mol. The van der Waals surface area contributed by atoms with Gasteiger partial charge in [0.2, 0.25) is 0 Å². The van der Waals surface area contributed by atoms with Crippen LogP contribution in [0.1, 0.15) is 33.0 Å². The van der Waals surface area contributed by atoms with Crippen LogP contribution in [0.4, 0.5) is 0 Å². The summed E-state index contributed by atoms with van der Waals surface area (Å²) in [7, 11) is 0. The van der Waals surface area contributed by atoms with Crippen LogP contribution >= 0.6 is 15.9 Å². The van der Waals surface area contributed by atoms with E-state index in [9.17, 15) is 4.79 Å². The van der Waals surface area contributed by atoms with E-state index in [0.29, 0.717) is 17.9 Å². The van der Waals surface area contributed by atoms with E-state index in [4.69, 9.17) is 4.42 Å². The third-order valence-electron chi connectivity index (χ3n) is 3.15. The Kier molecular flexibility index (Phi) is 4.10. The summed E-state index contributed by atoms with van der Waals surface area (Å²) in [5, 5.41) is 2.92. The number of furan rings is 1. The van der Waals surface area contributed by atoms with Gasteiger partial charge in [0.25, 0.3) is 5.91 Å². The molecule has 1 heterocycles. The zero-order chi connectivity index (χ0) is 14.0. The molecule has 2 rings (SSSR count). The summed E-state index contributed by atoms with van der Waals surface area (Å²) in [5.74, 6) is 1.38. The Morgan fingerprint density at radius 3 is 2.32 bits per heavy atom. The number of aryl methyl sites for hydroxylation is 2. The van der Waals surface area contributed by atoms with E-state index in [-0.39, 0.29) is 5.91 Å². The molecule has 0 aliphatic heterocycles. The fourth-order valence-corrected chi connectivity index (χ4v) is 2.26. The lowest BCUT2D eigenvalue weighted by Crippen LogP contribution is -2.23. The quantitative estimate of drug-likeness (QED) is 0.931. The minimum atomic E-state index is -0.0882. The van der Waals surface area contributed by atoms with Gasteiger partial charge in [0.1, 0.15) is 11.5 Å². The maximum atomic E-state index is 12.2. The Hall–Kier alpha value is -1.55. The summed E-state index contributed by atoms with van der Waals surface area (Å²) in [4.78, 5) is 12.2. The second-order valence-electron chi connectivity index (χ2n) is 4.52. The average molecular weight is 322 g/mol. The van der Waals surface area contributed by atoms with Crippen molar-refractivity contribution in [3.63, 3.8) is 0 Å². The molecule has 0 unspecified atom stereocenters. The van der Waals surface area contributed by atoms with Gasteiger partial charge in [0.15, 0.2) is 0 Å². The number of rotatable bonds is 3. The second-order valence-corrected chi connectivity index (χ2v) is 5.44. The molecule has 100 valence electrons. The lowest BCUT2D eigenvalue weighted by atomic mass is 10.1. The first kappa shape index (κ1) is 13.9. The third kappa shape index (κ3) is 3.07. The summed E-state index contributed by atoms with van der Waals surface area (Å²) >= 11 is 3.38. The number of carbonyl (C=O) groups excluding carboxylic acids is 1. The van der Waals surface area contributed by atoms with E-state index in [1.807, 2.05) is 45.0 Å². The highest BCUT2D eigenvalue weighted by Crippen LogP contribution is 2.20. The van der Waals surface area contributed by atoms with E-state index in [1.54, 1.807) is 0 Å². The molecule has 3 nitrogen and oxygen atoms in total. The number of carbonyl (C=O) groups is 1. The van der Waals surface area contributed by atoms with Crippen LogP contribution in [0.2, 0.25) is 0 Å². The van der Waals surface area contributed by atoms with Gasteiger partial charge in [0.05, 0.1) is 5.56 Å². The van der Waals surface area contributed by atoms with Crippen LogP contribution in [-0.4, -0.2) is 5.91 Å². The second kappa shape index (κ2) is 5.61. The molecule has 1 N–H and O–H groups in total. The van der Waals surface area contributed by atoms with Crippen molar-refractivity contribution in [2.75, 3.05) is 0 Å². The highest BCUT2D eigenvalue weighted by atomic mass is 79.9. The molecule has 2 aromatic rings. The zero-order valence-corrected chi connectivity index (χ0v) is 12.8. The average Bonchev–Trinajstić information content (AvgIpc) is 2.62. The van der Waals surface area contributed by atoms with E-state index in [2.05, 4.69) is 21.2 Å². The molecule has 4 heteroatoms. The third-order valence-corrected chi connectivity index (χ3v) is 3.68. The van der Waals surface area contributed by atoms with Crippen LogP contribution in [0.3, 0.4) is 0 Å². The van der Waals surface area contributed by atoms with Crippen LogP contribution in [0.25, 0.3) is 0 Å². The largest absolute Gasteiger partial charge is 0.466 e. The summed E-state index contributed by atoms with van der Waals surface area (Å²) in [6.07, 6.45) is 0. The fraction of sp³-hybridized carbons (Fsp3) is 0.267. The lowest BCUT2D eigenvalue weighted by Gasteiger charge is -2.05. The summed E-state index contributed by atoms with van der Waals surface area (Å²) < 4.78 is 6.49. The van der Waals surface area contributed by atoms with E-state index in [0.717, 1.165) is 21.4 Å². The SMILES string of the molecule is Cc1oc(C)c(C(=O)NCc2ccc(Br)cc2)c1C. The molecule has 0 saturated carbocycles. The van der Waals surface area contributed by atoms with Crippen LogP contribution in [0.15, 0.2) is 33.2 Å². The molecule has 0 aliphatic carbocycles. The van der Waals surface area contributed by atoms with Crippen LogP contribution < -0.4 is 5.32 Å². The number of hydrogen-bond acceptors (Lipinski definition) is 2. The van der Waals surface area contributed by atoms with Gasteiger partial charge in [0, 0.05) is 16.6 Å². The number of halogens is 1. The number of nitrogens with one attached hydrogen (secondary N) is 1. The smallest absolute Gasteiger partial charge is 0.255 e. The van der Waals surface area contributed by atoms with E-state index < -0.39 is 0 Å². The van der Waals surface area contributed by atoms with Crippen LogP contribution in [0, 0.1) is 20.8 Å². The van der Waals surface area contributed by atoms with Gasteiger partial charge >= 0.3 is 0 Å². The minimum Gasteiger partial charge on any atom is -0.466 e. The summed E-state index contributed by atoms with van der Waals surface area (Å²) in [6.45, 7) is 6.10. The zero-order valence-electron chi connectivity index (χ0n) is 11.2. The highest BCUT2D eigenvalue weighted by molar-refractivity contribution is 9.10. The Morgan fingerprint density at radius 1 is 1.16 bits per heavy atom. The number of benzene rings is 1. The van der Waals surface area contributed by atoms with Crippen molar-refractivity contribution in [2.24, 2.45) is 0 Å².